The van der Waals surface area contributed by atoms with Gasteiger partial charge in [0.25, 0.3) is 0 Å². The van der Waals surface area contributed by atoms with Crippen molar-refractivity contribution in [2.45, 2.75) is 12.2 Å². The van der Waals surface area contributed by atoms with Crippen molar-refractivity contribution in [3.63, 3.8) is 0 Å². The molecular weight excluding hydrogens is 246 g/mol. The smallest absolute Gasteiger partial charge is 0.213 e. The molecular formula is C6H10ClN3O2S2. The Kier molecular flexibility index (Phi) is 3.71. The number of nitrogens with one attached hydrogen (secondary N) is 1. The second-order valence-electron chi connectivity index (χ2n) is 2.76. The summed E-state index contributed by atoms with van der Waals surface area (Å²) in [5.41, 5.74) is 0. The molecule has 0 aliphatic carbocycles. The first-order valence-electron chi connectivity index (χ1n) is 3.76. The summed E-state index contributed by atoms with van der Waals surface area (Å²) in [6.45, 7) is 1.75. The first-order chi connectivity index (χ1) is 6.39. The molecule has 80 valence electrons. The van der Waals surface area contributed by atoms with Crippen molar-refractivity contribution in [3.05, 3.63) is 10.5 Å². The van der Waals surface area contributed by atoms with E-state index in [0.717, 1.165) is 0 Å². The molecule has 1 heterocycles. The Hall–Kier alpha value is -0.370. The molecule has 0 radical (unpaired) electrons. The van der Waals surface area contributed by atoms with Crippen molar-refractivity contribution < 1.29 is 8.42 Å². The van der Waals surface area contributed by atoms with Crippen LogP contribution in [0.5, 0.6) is 0 Å². The van der Waals surface area contributed by atoms with E-state index in [4.69, 9.17) is 16.7 Å². The summed E-state index contributed by atoms with van der Waals surface area (Å²) in [5, 5.41) is 9.76. The number of primary sulfonamides is 1. The van der Waals surface area contributed by atoms with Crippen LogP contribution in [0.3, 0.4) is 0 Å². The molecule has 0 aromatic carbocycles. The quantitative estimate of drug-likeness (QED) is 0.837. The number of halogens is 1. The molecule has 1 rings (SSSR count). The lowest BCUT2D eigenvalue weighted by Gasteiger charge is -2.08. The average Bonchev–Trinajstić information content (AvgIpc) is 2.45. The fraction of sp³-hybridized carbons (Fsp3) is 0.500. The molecule has 1 aromatic heterocycles. The Bertz CT molecular complexity index is 403. The summed E-state index contributed by atoms with van der Waals surface area (Å²) in [5.74, 6) is 0. The standard InChI is InChI=1S/C6H10ClN3O2S2/c1-4(14(8,11)12)2-9-6-10-5(7)3-13-6/h3-4H,2H2,1H3,(H,9,10)(H2,8,11,12). The summed E-state index contributed by atoms with van der Waals surface area (Å²) in [7, 11) is -3.48. The normalized spacial score (nSPS) is 13.9. The van der Waals surface area contributed by atoms with Crippen LogP contribution in [0.4, 0.5) is 5.13 Å². The molecule has 0 saturated heterocycles. The second kappa shape index (κ2) is 4.43. The maximum atomic E-state index is 10.9. The lowest BCUT2D eigenvalue weighted by Crippen LogP contribution is -2.31. The highest BCUT2D eigenvalue weighted by Crippen LogP contribution is 2.18. The van der Waals surface area contributed by atoms with Gasteiger partial charge in [-0.1, -0.05) is 11.6 Å². The van der Waals surface area contributed by atoms with Crippen molar-refractivity contribution in [1.82, 2.24) is 4.98 Å². The van der Waals surface area contributed by atoms with E-state index in [2.05, 4.69) is 10.3 Å². The van der Waals surface area contributed by atoms with Gasteiger partial charge in [0.2, 0.25) is 10.0 Å². The van der Waals surface area contributed by atoms with Gasteiger partial charge in [-0.15, -0.1) is 11.3 Å². The summed E-state index contributed by atoms with van der Waals surface area (Å²) in [6.07, 6.45) is 0. The van der Waals surface area contributed by atoms with E-state index in [1.54, 1.807) is 5.38 Å². The third-order valence-electron chi connectivity index (χ3n) is 1.58. The van der Waals surface area contributed by atoms with Crippen molar-refractivity contribution >= 4 is 38.1 Å². The highest BCUT2D eigenvalue weighted by molar-refractivity contribution is 7.89. The van der Waals surface area contributed by atoms with Crippen LogP contribution < -0.4 is 10.5 Å². The van der Waals surface area contributed by atoms with Gasteiger partial charge >= 0.3 is 0 Å². The van der Waals surface area contributed by atoms with E-state index in [9.17, 15) is 8.42 Å². The SMILES string of the molecule is CC(CNc1nc(Cl)cs1)S(N)(=O)=O. The highest BCUT2D eigenvalue weighted by Gasteiger charge is 2.15. The van der Waals surface area contributed by atoms with E-state index in [1.807, 2.05) is 0 Å². The maximum absolute atomic E-state index is 10.9. The van der Waals surface area contributed by atoms with Gasteiger partial charge < -0.3 is 5.32 Å². The summed E-state index contributed by atoms with van der Waals surface area (Å²) >= 11 is 6.89. The molecule has 3 N–H and O–H groups in total. The molecule has 0 saturated carbocycles. The van der Waals surface area contributed by atoms with Crippen molar-refractivity contribution in [3.8, 4) is 0 Å². The fourth-order valence-electron chi connectivity index (χ4n) is 0.683. The maximum Gasteiger partial charge on any atom is 0.213 e. The van der Waals surface area contributed by atoms with Crippen LogP contribution in [0.25, 0.3) is 0 Å². The number of sulfonamides is 1. The molecule has 0 bridgehead atoms. The molecule has 14 heavy (non-hydrogen) atoms. The minimum atomic E-state index is -3.48. The predicted molar refractivity (Wildman–Crippen MR) is 58.2 cm³/mol. The third kappa shape index (κ3) is 3.41. The lowest BCUT2D eigenvalue weighted by atomic mass is 10.5. The van der Waals surface area contributed by atoms with Crippen LogP contribution in [0.2, 0.25) is 5.15 Å². The van der Waals surface area contributed by atoms with E-state index >= 15 is 0 Å². The number of rotatable bonds is 4. The fourth-order valence-corrected chi connectivity index (χ4v) is 1.85. The van der Waals surface area contributed by atoms with Gasteiger partial charge in [0.1, 0.15) is 5.15 Å². The van der Waals surface area contributed by atoms with E-state index < -0.39 is 15.3 Å². The summed E-state index contributed by atoms with van der Waals surface area (Å²) < 4.78 is 21.7. The zero-order valence-corrected chi connectivity index (χ0v) is 9.79. The first-order valence-corrected chi connectivity index (χ1v) is 6.63. The molecule has 1 atom stereocenters. The Morgan fingerprint density at radius 3 is 2.86 bits per heavy atom. The summed E-state index contributed by atoms with van der Waals surface area (Å²) in [6, 6.07) is 0. The third-order valence-corrected chi connectivity index (χ3v) is 3.99. The number of aromatic nitrogens is 1. The molecule has 0 spiro atoms. The van der Waals surface area contributed by atoms with Gasteiger partial charge in [-0.2, -0.15) is 0 Å². The second-order valence-corrected chi connectivity index (χ2v) is 5.98. The molecule has 8 heteroatoms. The van der Waals surface area contributed by atoms with Crippen molar-refractivity contribution in [2.24, 2.45) is 5.14 Å². The van der Waals surface area contributed by atoms with E-state index in [0.29, 0.717) is 10.3 Å². The average molecular weight is 256 g/mol. The van der Waals surface area contributed by atoms with Gasteiger partial charge in [0.05, 0.1) is 5.25 Å². The van der Waals surface area contributed by atoms with Gasteiger partial charge in [0, 0.05) is 11.9 Å². The van der Waals surface area contributed by atoms with E-state index in [1.165, 1.54) is 18.3 Å². The van der Waals surface area contributed by atoms with Crippen LogP contribution in [0, 0.1) is 0 Å². The van der Waals surface area contributed by atoms with E-state index in [-0.39, 0.29) is 6.54 Å². The Morgan fingerprint density at radius 2 is 2.43 bits per heavy atom. The number of hydrogen-bond acceptors (Lipinski definition) is 5. The van der Waals surface area contributed by atoms with Crippen molar-refractivity contribution in [2.75, 3.05) is 11.9 Å². The largest absolute Gasteiger partial charge is 0.360 e. The number of nitrogens with two attached hydrogens (primary N) is 1. The number of nitrogens with zero attached hydrogens (tertiary/aromatic N) is 1. The van der Waals surface area contributed by atoms with Gasteiger partial charge in [-0.25, -0.2) is 18.5 Å². The monoisotopic (exact) mass is 255 g/mol. The van der Waals surface area contributed by atoms with Crippen LogP contribution in [0.1, 0.15) is 6.92 Å². The molecule has 0 amide bonds. The predicted octanol–water partition coefficient (Wildman–Crippen LogP) is 0.885. The first kappa shape index (κ1) is 11.7. The molecule has 1 unspecified atom stereocenters. The molecule has 1 aromatic rings. The van der Waals surface area contributed by atoms with Crippen molar-refractivity contribution in [1.29, 1.82) is 0 Å². The van der Waals surface area contributed by atoms with Gasteiger partial charge in [0.15, 0.2) is 5.13 Å². The molecule has 0 fully saturated rings. The van der Waals surface area contributed by atoms with Crippen LogP contribution in [0.15, 0.2) is 5.38 Å². The molecule has 0 aliphatic heterocycles. The van der Waals surface area contributed by atoms with Gasteiger partial charge in [-0.05, 0) is 6.92 Å². The topological polar surface area (TPSA) is 85.1 Å². The number of hydrogen-bond donors (Lipinski definition) is 2. The number of thiazole rings is 1. The van der Waals surface area contributed by atoms with Crippen LogP contribution in [-0.2, 0) is 10.0 Å². The molecule has 0 aliphatic rings. The Morgan fingerprint density at radius 1 is 1.79 bits per heavy atom. The minimum Gasteiger partial charge on any atom is -0.360 e. The zero-order valence-electron chi connectivity index (χ0n) is 7.40. The minimum absolute atomic E-state index is 0.225. The zero-order chi connectivity index (χ0) is 10.8. The van der Waals surface area contributed by atoms with Crippen LogP contribution in [-0.4, -0.2) is 25.2 Å². The van der Waals surface area contributed by atoms with Gasteiger partial charge in [-0.3, -0.25) is 0 Å². The number of anilines is 1. The summed E-state index contributed by atoms with van der Waals surface area (Å²) in [4.78, 5) is 3.90. The molecule has 5 nitrogen and oxygen atoms in total. The lowest BCUT2D eigenvalue weighted by molar-refractivity contribution is 0.587. The Labute approximate surface area is 91.3 Å². The van der Waals surface area contributed by atoms with Crippen LogP contribution >= 0.6 is 22.9 Å². The Balaban J connectivity index is 2.50. The highest BCUT2D eigenvalue weighted by atomic mass is 35.5.